The number of anilines is 1. The van der Waals surface area contributed by atoms with E-state index < -0.39 is 5.97 Å². The highest BCUT2D eigenvalue weighted by molar-refractivity contribution is 6.00. The number of nitrogens with one attached hydrogen (secondary N) is 1. The highest BCUT2D eigenvalue weighted by atomic mass is 16.4. The molecule has 0 aliphatic heterocycles. The first-order chi connectivity index (χ1) is 10.9. The molecule has 2 atom stereocenters. The van der Waals surface area contributed by atoms with Crippen LogP contribution in [0, 0.1) is 25.7 Å². The maximum absolute atomic E-state index is 11.7. The number of hydrogen-bond donors (Lipinski definition) is 2. The summed E-state index contributed by atoms with van der Waals surface area (Å²) in [5, 5.41) is 17.2. The highest BCUT2D eigenvalue weighted by Gasteiger charge is 2.22. The molecule has 6 heteroatoms. The molecule has 0 aliphatic carbocycles. The van der Waals surface area contributed by atoms with Crippen molar-refractivity contribution in [3.8, 4) is 0 Å². The number of carboxylic acid groups (broad SMARTS) is 1. The molecule has 0 saturated heterocycles. The minimum atomic E-state index is -1.00. The maximum atomic E-state index is 11.7. The number of aromatic carboxylic acids is 1. The molecular formula is C17H26N4O2. The summed E-state index contributed by atoms with van der Waals surface area (Å²) in [4.78, 5) is 16.1. The van der Waals surface area contributed by atoms with E-state index in [0.29, 0.717) is 29.8 Å². The quantitative estimate of drug-likeness (QED) is 0.816. The van der Waals surface area contributed by atoms with E-state index in [1.807, 2.05) is 20.0 Å². The molecule has 0 radical (unpaired) electrons. The van der Waals surface area contributed by atoms with Gasteiger partial charge < -0.3 is 10.4 Å². The molecule has 2 aromatic heterocycles. The Morgan fingerprint density at radius 2 is 2.04 bits per heavy atom. The van der Waals surface area contributed by atoms with Crippen molar-refractivity contribution in [1.82, 2.24) is 14.6 Å². The fourth-order valence-electron chi connectivity index (χ4n) is 2.78. The van der Waals surface area contributed by atoms with Crippen LogP contribution in [0.25, 0.3) is 5.65 Å². The molecule has 0 saturated carbocycles. The van der Waals surface area contributed by atoms with Crippen LogP contribution in [0.1, 0.15) is 55.2 Å². The zero-order valence-electron chi connectivity index (χ0n) is 14.6. The number of hydrogen-bond acceptors (Lipinski definition) is 4. The normalized spacial score (nSPS) is 14.0. The van der Waals surface area contributed by atoms with Gasteiger partial charge in [-0.15, -0.1) is 5.10 Å². The van der Waals surface area contributed by atoms with Gasteiger partial charge in [0.25, 0.3) is 0 Å². The molecule has 2 N–H and O–H groups in total. The van der Waals surface area contributed by atoms with Crippen LogP contribution in [0.15, 0.2) is 6.20 Å². The van der Waals surface area contributed by atoms with Gasteiger partial charge in [-0.25, -0.2) is 14.3 Å². The van der Waals surface area contributed by atoms with Crippen molar-refractivity contribution in [2.45, 2.75) is 47.5 Å². The Morgan fingerprint density at radius 3 is 2.61 bits per heavy atom. The second-order valence-electron chi connectivity index (χ2n) is 6.24. The fourth-order valence-corrected chi connectivity index (χ4v) is 2.78. The van der Waals surface area contributed by atoms with E-state index in [-0.39, 0.29) is 5.56 Å². The smallest absolute Gasteiger partial charge is 0.343 e. The first-order valence-corrected chi connectivity index (χ1v) is 8.22. The van der Waals surface area contributed by atoms with E-state index in [2.05, 4.69) is 36.2 Å². The number of rotatable bonds is 7. The van der Waals surface area contributed by atoms with E-state index in [4.69, 9.17) is 0 Å². The molecule has 2 unspecified atom stereocenters. The Kier molecular flexibility index (Phi) is 5.23. The van der Waals surface area contributed by atoms with Crippen molar-refractivity contribution in [3.05, 3.63) is 23.0 Å². The Bertz CT molecular complexity index is 708. The third-order valence-corrected chi connectivity index (χ3v) is 4.76. The zero-order chi connectivity index (χ0) is 17.1. The lowest BCUT2D eigenvalue weighted by Gasteiger charge is -2.21. The summed E-state index contributed by atoms with van der Waals surface area (Å²) in [5.41, 5.74) is 2.33. The van der Waals surface area contributed by atoms with E-state index in [9.17, 15) is 9.90 Å². The van der Waals surface area contributed by atoms with Gasteiger partial charge in [0.05, 0.1) is 0 Å². The molecule has 0 aromatic carbocycles. The molecule has 6 nitrogen and oxygen atoms in total. The number of aryl methyl sites for hydroxylation is 2. The van der Waals surface area contributed by atoms with Crippen molar-refractivity contribution in [1.29, 1.82) is 0 Å². The fraction of sp³-hybridized carbons (Fsp3) is 0.588. The Hall–Kier alpha value is -2.11. The summed E-state index contributed by atoms with van der Waals surface area (Å²) in [6, 6.07) is 0. The molecule has 2 rings (SSSR count). The molecule has 2 heterocycles. The number of carbonyl (C=O) groups is 1. The van der Waals surface area contributed by atoms with Crippen LogP contribution in [0.3, 0.4) is 0 Å². The van der Waals surface area contributed by atoms with Gasteiger partial charge in [0, 0.05) is 18.4 Å². The highest BCUT2D eigenvalue weighted by Crippen LogP contribution is 2.23. The van der Waals surface area contributed by atoms with Gasteiger partial charge in [0.1, 0.15) is 5.56 Å². The minimum absolute atomic E-state index is 0.145. The van der Waals surface area contributed by atoms with Crippen molar-refractivity contribution in [2.75, 3.05) is 11.9 Å². The van der Waals surface area contributed by atoms with Crippen molar-refractivity contribution in [2.24, 2.45) is 11.8 Å². The van der Waals surface area contributed by atoms with Gasteiger partial charge in [-0.3, -0.25) is 0 Å². The molecule has 0 aliphatic rings. The minimum Gasteiger partial charge on any atom is -0.477 e. The first kappa shape index (κ1) is 17.2. The van der Waals surface area contributed by atoms with Crippen molar-refractivity contribution in [3.63, 3.8) is 0 Å². The number of nitrogens with zero attached hydrogens (tertiary/aromatic N) is 3. The van der Waals surface area contributed by atoms with Gasteiger partial charge in [0.15, 0.2) is 11.5 Å². The lowest BCUT2D eigenvalue weighted by atomic mass is 9.89. The Morgan fingerprint density at radius 1 is 1.35 bits per heavy atom. The topological polar surface area (TPSA) is 79.5 Å². The summed E-state index contributed by atoms with van der Waals surface area (Å²) in [6.07, 6.45) is 3.98. The average molecular weight is 318 g/mol. The van der Waals surface area contributed by atoms with Crippen LogP contribution in [0.4, 0.5) is 5.82 Å². The average Bonchev–Trinajstić information content (AvgIpc) is 2.85. The van der Waals surface area contributed by atoms with Crippen molar-refractivity contribution < 1.29 is 9.90 Å². The van der Waals surface area contributed by atoms with Gasteiger partial charge in [-0.05, 0) is 31.2 Å². The van der Waals surface area contributed by atoms with Crippen LogP contribution in [0.5, 0.6) is 0 Å². The molecule has 2 aromatic rings. The van der Waals surface area contributed by atoms with E-state index in [1.54, 1.807) is 4.52 Å². The van der Waals surface area contributed by atoms with E-state index >= 15 is 0 Å². The molecule has 0 fully saturated rings. The van der Waals surface area contributed by atoms with Gasteiger partial charge >= 0.3 is 5.97 Å². The molecule has 23 heavy (non-hydrogen) atoms. The Labute approximate surface area is 136 Å². The summed E-state index contributed by atoms with van der Waals surface area (Å²) in [7, 11) is 0. The molecule has 0 spiro atoms. The molecular weight excluding hydrogens is 292 g/mol. The summed E-state index contributed by atoms with van der Waals surface area (Å²) in [6.45, 7) is 11.1. The molecule has 0 amide bonds. The third-order valence-electron chi connectivity index (χ3n) is 4.76. The third kappa shape index (κ3) is 3.46. The lowest BCUT2D eigenvalue weighted by Crippen LogP contribution is -2.21. The predicted octanol–water partition coefficient (Wildman–Crippen LogP) is 3.53. The van der Waals surface area contributed by atoms with Crippen LogP contribution < -0.4 is 5.32 Å². The van der Waals surface area contributed by atoms with E-state index in [1.165, 1.54) is 0 Å². The zero-order valence-corrected chi connectivity index (χ0v) is 14.6. The van der Waals surface area contributed by atoms with Crippen molar-refractivity contribution >= 4 is 17.4 Å². The standard InChI is InChI=1S/C17H26N4O2/c1-6-10(3)13(7-2)8-18-15-14(17(22)23)16-19-12(5)11(4)9-21(16)20-15/h9-10,13H,6-8H2,1-5H3,(H,18,20)(H,22,23). The van der Waals surface area contributed by atoms with Crippen LogP contribution in [-0.4, -0.2) is 32.2 Å². The first-order valence-electron chi connectivity index (χ1n) is 8.22. The SMILES string of the molecule is CCC(C)C(CC)CNc1nn2cc(C)c(C)nc2c1C(=O)O. The summed E-state index contributed by atoms with van der Waals surface area (Å²) in [5.74, 6) is 0.468. The molecule has 126 valence electrons. The van der Waals surface area contributed by atoms with Crippen LogP contribution >= 0.6 is 0 Å². The summed E-state index contributed by atoms with van der Waals surface area (Å²) >= 11 is 0. The number of fused-ring (bicyclic) bond motifs is 1. The van der Waals surface area contributed by atoms with Gasteiger partial charge in [-0.2, -0.15) is 0 Å². The van der Waals surface area contributed by atoms with Crippen LogP contribution in [0.2, 0.25) is 0 Å². The Balaban J connectivity index is 2.36. The second-order valence-corrected chi connectivity index (χ2v) is 6.24. The second kappa shape index (κ2) is 6.98. The predicted molar refractivity (Wildman–Crippen MR) is 91.1 cm³/mol. The summed E-state index contributed by atoms with van der Waals surface area (Å²) < 4.78 is 1.55. The van der Waals surface area contributed by atoms with E-state index in [0.717, 1.165) is 24.1 Å². The number of aromatic nitrogens is 3. The molecule has 0 bridgehead atoms. The maximum Gasteiger partial charge on any atom is 0.343 e. The van der Waals surface area contributed by atoms with Gasteiger partial charge in [0.2, 0.25) is 0 Å². The largest absolute Gasteiger partial charge is 0.477 e. The number of carboxylic acids is 1. The van der Waals surface area contributed by atoms with Crippen LogP contribution in [-0.2, 0) is 0 Å². The lowest BCUT2D eigenvalue weighted by molar-refractivity contribution is 0.0699. The monoisotopic (exact) mass is 318 g/mol. The van der Waals surface area contributed by atoms with Gasteiger partial charge in [-0.1, -0.05) is 33.6 Å².